The van der Waals surface area contributed by atoms with Crippen molar-refractivity contribution in [1.29, 1.82) is 0 Å². The first kappa shape index (κ1) is 17.3. The molecule has 1 rings (SSSR count). The number of hydrogen-bond donors (Lipinski definition) is 2. The van der Waals surface area contributed by atoms with Crippen molar-refractivity contribution in [2.45, 2.75) is 12.5 Å². The Bertz CT molecular complexity index is 429. The number of nitrogens with one attached hydrogen (secondary N) is 1. The van der Waals surface area contributed by atoms with Crippen molar-refractivity contribution in [3.05, 3.63) is 0 Å². The molecule has 0 saturated carbocycles. The van der Waals surface area contributed by atoms with E-state index in [2.05, 4.69) is 11.2 Å². The van der Waals surface area contributed by atoms with Crippen molar-refractivity contribution in [2.75, 3.05) is 37.8 Å². The molecular formula is C13H18N2O5S. The lowest BCUT2D eigenvalue weighted by Gasteiger charge is -2.26. The zero-order valence-electron chi connectivity index (χ0n) is 11.5. The maximum Gasteiger partial charge on any atom is 0.327 e. The summed E-state index contributed by atoms with van der Waals surface area (Å²) in [5, 5.41) is 11.2. The van der Waals surface area contributed by atoms with Gasteiger partial charge in [-0.25, -0.2) is 4.79 Å². The lowest BCUT2D eigenvalue weighted by atomic mass is 10.2. The fourth-order valence-electron chi connectivity index (χ4n) is 1.69. The Balaban J connectivity index is 2.24. The van der Waals surface area contributed by atoms with E-state index < -0.39 is 17.9 Å². The Hall–Kier alpha value is -1.72. The van der Waals surface area contributed by atoms with Crippen LogP contribution in [0.25, 0.3) is 0 Å². The summed E-state index contributed by atoms with van der Waals surface area (Å²) in [5.41, 5.74) is 0. The van der Waals surface area contributed by atoms with E-state index in [4.69, 9.17) is 16.3 Å². The summed E-state index contributed by atoms with van der Waals surface area (Å²) in [6, 6.07) is -1.09. The number of carboxylic acid groups (broad SMARTS) is 1. The van der Waals surface area contributed by atoms with Gasteiger partial charge in [-0.15, -0.1) is 24.1 Å². The van der Waals surface area contributed by atoms with E-state index in [-0.39, 0.29) is 23.8 Å². The molecule has 1 heterocycles. The van der Waals surface area contributed by atoms with Crippen LogP contribution in [0.1, 0.15) is 6.42 Å². The Morgan fingerprint density at radius 3 is 2.57 bits per heavy atom. The molecule has 1 unspecified atom stereocenters. The molecule has 0 aromatic carbocycles. The highest BCUT2D eigenvalue weighted by Crippen LogP contribution is 2.05. The van der Waals surface area contributed by atoms with Crippen LogP contribution >= 0.6 is 11.8 Å². The summed E-state index contributed by atoms with van der Waals surface area (Å²) in [6.07, 6.45) is 4.96. The van der Waals surface area contributed by atoms with Crippen LogP contribution < -0.4 is 5.32 Å². The molecule has 1 aliphatic heterocycles. The Kier molecular flexibility index (Phi) is 7.64. The van der Waals surface area contributed by atoms with Crippen LogP contribution in [0.3, 0.4) is 0 Å². The molecule has 0 aliphatic carbocycles. The molecule has 0 bridgehead atoms. The number of terminal acetylenes is 1. The average molecular weight is 314 g/mol. The molecular weight excluding hydrogens is 296 g/mol. The van der Waals surface area contributed by atoms with Crippen LogP contribution in [0.15, 0.2) is 0 Å². The summed E-state index contributed by atoms with van der Waals surface area (Å²) in [7, 11) is 0. The number of morpholine rings is 1. The lowest BCUT2D eigenvalue weighted by molar-refractivity contribution is -0.141. The van der Waals surface area contributed by atoms with Gasteiger partial charge in [0.15, 0.2) is 0 Å². The number of hydrogen-bond acceptors (Lipinski definition) is 5. The van der Waals surface area contributed by atoms with E-state index in [9.17, 15) is 14.4 Å². The van der Waals surface area contributed by atoms with Crippen molar-refractivity contribution in [2.24, 2.45) is 0 Å². The van der Waals surface area contributed by atoms with Crippen LogP contribution in [0.2, 0.25) is 0 Å². The minimum Gasteiger partial charge on any atom is -0.480 e. The molecule has 2 N–H and O–H groups in total. The highest BCUT2D eigenvalue weighted by molar-refractivity contribution is 8.00. The molecule has 116 valence electrons. The number of carbonyl (C=O) groups excluding carboxylic acids is 2. The van der Waals surface area contributed by atoms with E-state index >= 15 is 0 Å². The van der Waals surface area contributed by atoms with Gasteiger partial charge in [-0.05, 0) is 0 Å². The van der Waals surface area contributed by atoms with Crippen molar-refractivity contribution in [1.82, 2.24) is 10.2 Å². The first-order chi connectivity index (χ1) is 10.0. The number of rotatable bonds is 7. The van der Waals surface area contributed by atoms with Crippen molar-refractivity contribution in [3.8, 4) is 12.3 Å². The highest BCUT2D eigenvalue weighted by atomic mass is 32.2. The topological polar surface area (TPSA) is 95.9 Å². The molecule has 21 heavy (non-hydrogen) atoms. The molecule has 1 atom stereocenters. The first-order valence-electron chi connectivity index (χ1n) is 6.43. The maximum absolute atomic E-state index is 11.8. The number of amides is 2. The first-order valence-corrected chi connectivity index (χ1v) is 7.59. The van der Waals surface area contributed by atoms with E-state index in [0.29, 0.717) is 26.3 Å². The average Bonchev–Trinajstić information content (AvgIpc) is 2.47. The zero-order valence-corrected chi connectivity index (χ0v) is 12.4. The molecule has 0 radical (unpaired) electrons. The number of carbonyl (C=O) groups is 3. The van der Waals surface area contributed by atoms with Crippen LogP contribution in [0.5, 0.6) is 0 Å². The van der Waals surface area contributed by atoms with Gasteiger partial charge in [0, 0.05) is 19.5 Å². The van der Waals surface area contributed by atoms with Crippen LogP contribution in [0, 0.1) is 12.3 Å². The quantitative estimate of drug-likeness (QED) is 0.596. The lowest BCUT2D eigenvalue weighted by Crippen LogP contribution is -2.42. The zero-order chi connectivity index (χ0) is 15.7. The summed E-state index contributed by atoms with van der Waals surface area (Å²) in [5.74, 6) is 0.732. The third kappa shape index (κ3) is 6.51. The number of thioether (sulfide) groups is 1. The molecule has 0 aromatic heterocycles. The van der Waals surface area contributed by atoms with Gasteiger partial charge in [0.25, 0.3) is 0 Å². The van der Waals surface area contributed by atoms with Crippen molar-refractivity contribution >= 4 is 29.5 Å². The number of ether oxygens (including phenoxy) is 1. The third-order valence-electron chi connectivity index (χ3n) is 2.78. The smallest absolute Gasteiger partial charge is 0.327 e. The van der Waals surface area contributed by atoms with Gasteiger partial charge in [0.1, 0.15) is 6.04 Å². The molecule has 1 fully saturated rings. The van der Waals surface area contributed by atoms with E-state index in [1.807, 2.05) is 0 Å². The predicted octanol–water partition coefficient (Wildman–Crippen LogP) is -0.829. The summed E-state index contributed by atoms with van der Waals surface area (Å²) in [4.78, 5) is 35.9. The largest absolute Gasteiger partial charge is 0.480 e. The van der Waals surface area contributed by atoms with E-state index in [1.165, 1.54) is 0 Å². The second-order valence-electron chi connectivity index (χ2n) is 4.35. The van der Waals surface area contributed by atoms with Crippen LogP contribution in [-0.2, 0) is 19.1 Å². The normalized spacial score (nSPS) is 15.9. The Morgan fingerprint density at radius 2 is 2.00 bits per heavy atom. The molecule has 0 aromatic rings. The highest BCUT2D eigenvalue weighted by Gasteiger charge is 2.20. The summed E-state index contributed by atoms with van der Waals surface area (Å²) in [6.45, 7) is 2.19. The monoisotopic (exact) mass is 314 g/mol. The summed E-state index contributed by atoms with van der Waals surface area (Å²) < 4.78 is 5.15. The van der Waals surface area contributed by atoms with E-state index in [0.717, 1.165) is 11.8 Å². The standard InChI is InChI=1S/C13H18N2O5S/c1-2-3-10(13(18)19)14-11(16)8-21-9-12(17)15-4-6-20-7-5-15/h1,10H,3-9H2,(H,14,16)(H,18,19). The maximum atomic E-state index is 11.8. The minimum absolute atomic E-state index is 0.0183. The molecule has 8 heteroatoms. The molecule has 1 saturated heterocycles. The molecule has 2 amide bonds. The van der Waals surface area contributed by atoms with Gasteiger partial charge in [-0.2, -0.15) is 0 Å². The Labute approximate surface area is 127 Å². The number of nitrogens with zero attached hydrogens (tertiary/aromatic N) is 1. The van der Waals surface area contributed by atoms with Crippen molar-refractivity contribution in [3.63, 3.8) is 0 Å². The fraction of sp³-hybridized carbons (Fsp3) is 0.615. The van der Waals surface area contributed by atoms with Gasteiger partial charge in [-0.1, -0.05) is 0 Å². The van der Waals surface area contributed by atoms with Crippen LogP contribution in [0.4, 0.5) is 0 Å². The SMILES string of the molecule is C#CCC(NC(=O)CSCC(=O)N1CCOCC1)C(=O)O. The van der Waals surface area contributed by atoms with Gasteiger partial charge in [-0.3, -0.25) is 9.59 Å². The molecule has 7 nitrogen and oxygen atoms in total. The van der Waals surface area contributed by atoms with Gasteiger partial charge < -0.3 is 20.1 Å². The number of carboxylic acids is 1. The second kappa shape index (κ2) is 9.26. The van der Waals surface area contributed by atoms with Crippen molar-refractivity contribution < 1.29 is 24.2 Å². The molecule has 1 aliphatic rings. The van der Waals surface area contributed by atoms with Gasteiger partial charge in [0.05, 0.1) is 24.7 Å². The van der Waals surface area contributed by atoms with E-state index in [1.54, 1.807) is 4.90 Å². The van der Waals surface area contributed by atoms with Gasteiger partial charge in [0.2, 0.25) is 11.8 Å². The number of aliphatic carboxylic acids is 1. The molecule has 0 spiro atoms. The van der Waals surface area contributed by atoms with Gasteiger partial charge >= 0.3 is 5.97 Å². The fourth-order valence-corrected chi connectivity index (χ4v) is 2.42. The minimum atomic E-state index is -1.17. The Morgan fingerprint density at radius 1 is 1.33 bits per heavy atom. The third-order valence-corrected chi connectivity index (χ3v) is 3.70. The predicted molar refractivity (Wildman–Crippen MR) is 77.7 cm³/mol. The second-order valence-corrected chi connectivity index (χ2v) is 5.34. The summed E-state index contributed by atoms with van der Waals surface area (Å²) >= 11 is 1.15. The van der Waals surface area contributed by atoms with Crippen LogP contribution in [-0.4, -0.2) is 71.6 Å².